The summed E-state index contributed by atoms with van der Waals surface area (Å²) in [6.45, 7) is 1.66. The lowest BCUT2D eigenvalue weighted by atomic mass is 9.93. The zero-order valence-electron chi connectivity index (χ0n) is 14.4. The van der Waals surface area contributed by atoms with Crippen molar-refractivity contribution in [3.8, 4) is 0 Å². The molecule has 26 heavy (non-hydrogen) atoms. The summed E-state index contributed by atoms with van der Waals surface area (Å²) in [5.74, 6) is -0.238. The molecule has 1 saturated carbocycles. The summed E-state index contributed by atoms with van der Waals surface area (Å²) in [6.07, 6.45) is 7.42. The van der Waals surface area contributed by atoms with E-state index in [1.807, 2.05) is 23.6 Å². The average molecular weight is 371 g/mol. The summed E-state index contributed by atoms with van der Waals surface area (Å²) in [6, 6.07) is 4.17. The maximum Gasteiger partial charge on any atom is 0.274 e. The largest absolute Gasteiger partial charge is 0.348 e. The smallest absolute Gasteiger partial charge is 0.274 e. The molecule has 0 aromatic carbocycles. The molecule has 8 heteroatoms. The van der Waals surface area contributed by atoms with Gasteiger partial charge in [-0.3, -0.25) is 9.59 Å². The van der Waals surface area contributed by atoms with Crippen molar-refractivity contribution in [3.63, 3.8) is 0 Å². The van der Waals surface area contributed by atoms with Crippen molar-refractivity contribution in [2.24, 2.45) is 0 Å². The van der Waals surface area contributed by atoms with Crippen molar-refractivity contribution in [2.75, 3.05) is 6.54 Å². The predicted octanol–water partition coefficient (Wildman–Crippen LogP) is 2.07. The van der Waals surface area contributed by atoms with Gasteiger partial charge in [-0.15, -0.1) is 16.4 Å². The van der Waals surface area contributed by atoms with Crippen LogP contribution in [0.1, 0.15) is 46.7 Å². The average Bonchev–Trinajstić information content (AvgIpc) is 3.21. The van der Waals surface area contributed by atoms with Gasteiger partial charge in [0.05, 0.1) is 12.2 Å². The van der Waals surface area contributed by atoms with E-state index in [0.717, 1.165) is 36.3 Å². The Morgan fingerprint density at radius 3 is 2.88 bits per heavy atom. The van der Waals surface area contributed by atoms with Gasteiger partial charge in [-0.2, -0.15) is 0 Å². The number of rotatable bonds is 4. The van der Waals surface area contributed by atoms with Crippen LogP contribution in [0.15, 0.2) is 23.6 Å². The quantitative estimate of drug-likeness (QED) is 0.835. The van der Waals surface area contributed by atoms with Crippen molar-refractivity contribution in [1.29, 1.82) is 0 Å². The lowest BCUT2D eigenvalue weighted by molar-refractivity contribution is -0.126. The van der Waals surface area contributed by atoms with Gasteiger partial charge in [0.2, 0.25) is 5.91 Å². The molecule has 0 atom stereocenters. The fourth-order valence-electron chi connectivity index (χ4n) is 3.16. The number of carbonyl (C=O) groups is 2. The second kappa shape index (κ2) is 7.41. The first kappa shape index (κ1) is 17.0. The maximum absolute atomic E-state index is 12.6. The van der Waals surface area contributed by atoms with Crippen LogP contribution in [0, 0.1) is 0 Å². The van der Waals surface area contributed by atoms with E-state index in [-0.39, 0.29) is 17.9 Å². The Morgan fingerprint density at radius 1 is 1.27 bits per heavy atom. The first-order valence-electron chi connectivity index (χ1n) is 8.94. The molecule has 136 valence electrons. The highest BCUT2D eigenvalue weighted by molar-refractivity contribution is 7.10. The molecule has 2 aliphatic rings. The third-order valence-corrected chi connectivity index (χ3v) is 5.71. The fourth-order valence-corrected chi connectivity index (χ4v) is 3.77. The Bertz CT molecular complexity index is 823. The molecule has 1 fully saturated rings. The number of amides is 2. The van der Waals surface area contributed by atoms with Gasteiger partial charge in [0.1, 0.15) is 0 Å². The van der Waals surface area contributed by atoms with Crippen molar-refractivity contribution in [3.05, 3.63) is 39.9 Å². The third kappa shape index (κ3) is 3.55. The van der Waals surface area contributed by atoms with E-state index in [9.17, 15) is 9.59 Å². The molecule has 0 radical (unpaired) electrons. The second-order valence-electron chi connectivity index (χ2n) is 6.67. The minimum atomic E-state index is -0.181. The van der Waals surface area contributed by atoms with Crippen molar-refractivity contribution in [2.45, 2.75) is 44.8 Å². The monoisotopic (exact) mass is 371 g/mol. The van der Waals surface area contributed by atoms with Gasteiger partial charge in [0.15, 0.2) is 5.69 Å². The van der Waals surface area contributed by atoms with Crippen molar-refractivity contribution in [1.82, 2.24) is 25.2 Å². The molecule has 4 rings (SSSR count). The molecule has 2 aromatic rings. The van der Waals surface area contributed by atoms with Gasteiger partial charge in [0, 0.05) is 30.1 Å². The Balaban J connectivity index is 1.49. The van der Waals surface area contributed by atoms with Crippen molar-refractivity contribution < 1.29 is 9.59 Å². The van der Waals surface area contributed by atoms with E-state index in [2.05, 4.69) is 15.6 Å². The SMILES string of the molecule is O=C(NC1CCC1)c1nnn2c1CN(C(=O)/C=C/c1cccs1)CCC2. The van der Waals surface area contributed by atoms with E-state index in [1.54, 1.807) is 27.0 Å². The first-order chi connectivity index (χ1) is 12.7. The summed E-state index contributed by atoms with van der Waals surface area (Å²) in [4.78, 5) is 27.9. The van der Waals surface area contributed by atoms with Crippen molar-refractivity contribution >= 4 is 29.2 Å². The number of carbonyl (C=O) groups excluding carboxylic acids is 2. The summed E-state index contributed by atoms with van der Waals surface area (Å²) in [5, 5.41) is 13.2. The van der Waals surface area contributed by atoms with Crippen LogP contribution in [-0.2, 0) is 17.9 Å². The van der Waals surface area contributed by atoms with Crippen LogP contribution >= 0.6 is 11.3 Å². The van der Waals surface area contributed by atoms with Crippen LogP contribution in [0.5, 0.6) is 0 Å². The fraction of sp³-hybridized carbons (Fsp3) is 0.444. The van der Waals surface area contributed by atoms with Crippen LogP contribution < -0.4 is 5.32 Å². The Kier molecular flexibility index (Phi) is 4.83. The predicted molar refractivity (Wildman–Crippen MR) is 98.5 cm³/mol. The standard InChI is InChI=1S/C18H21N5O2S/c24-16(8-7-14-6-2-11-26-14)22-9-3-10-23-15(12-22)17(20-21-23)18(25)19-13-4-1-5-13/h2,6-8,11,13H,1,3-5,9-10,12H2,(H,19,25)/b8-7+. The Labute approximate surface area is 155 Å². The van der Waals surface area contributed by atoms with Crippen LogP contribution in [-0.4, -0.2) is 44.3 Å². The zero-order chi connectivity index (χ0) is 17.9. The van der Waals surface area contributed by atoms with Crippen LogP contribution in [0.25, 0.3) is 6.08 Å². The topological polar surface area (TPSA) is 80.1 Å². The minimum absolute atomic E-state index is 0.0570. The van der Waals surface area contributed by atoms with Crippen LogP contribution in [0.2, 0.25) is 0 Å². The van der Waals surface area contributed by atoms with Gasteiger partial charge in [-0.05, 0) is 43.2 Å². The number of hydrogen-bond donors (Lipinski definition) is 1. The number of nitrogens with one attached hydrogen (secondary N) is 1. The zero-order valence-corrected chi connectivity index (χ0v) is 15.2. The molecule has 1 aliphatic heterocycles. The van der Waals surface area contributed by atoms with Gasteiger partial charge < -0.3 is 10.2 Å². The molecule has 3 heterocycles. The maximum atomic E-state index is 12.6. The molecular weight excluding hydrogens is 350 g/mol. The van der Waals surface area contributed by atoms with Gasteiger partial charge >= 0.3 is 0 Å². The van der Waals surface area contributed by atoms with E-state index in [4.69, 9.17) is 0 Å². The molecule has 1 N–H and O–H groups in total. The number of nitrogens with zero attached hydrogens (tertiary/aromatic N) is 4. The molecular formula is C18H21N5O2S. The van der Waals surface area contributed by atoms with Gasteiger partial charge in [-0.1, -0.05) is 11.3 Å². The first-order valence-corrected chi connectivity index (χ1v) is 9.82. The Morgan fingerprint density at radius 2 is 2.15 bits per heavy atom. The number of fused-ring (bicyclic) bond motifs is 1. The molecule has 1 aliphatic carbocycles. The molecule has 0 bridgehead atoms. The summed E-state index contributed by atoms with van der Waals surface area (Å²) >= 11 is 1.59. The summed E-state index contributed by atoms with van der Waals surface area (Å²) in [5.41, 5.74) is 1.07. The highest BCUT2D eigenvalue weighted by Crippen LogP contribution is 2.20. The molecule has 0 spiro atoms. The highest BCUT2D eigenvalue weighted by Gasteiger charge is 2.28. The van der Waals surface area contributed by atoms with E-state index < -0.39 is 0 Å². The highest BCUT2D eigenvalue weighted by atomic mass is 32.1. The normalized spacial score (nSPS) is 17.6. The number of hydrogen-bond acceptors (Lipinski definition) is 5. The number of thiophene rings is 1. The summed E-state index contributed by atoms with van der Waals surface area (Å²) in [7, 11) is 0. The minimum Gasteiger partial charge on any atom is -0.348 e. The van der Waals surface area contributed by atoms with Gasteiger partial charge in [-0.25, -0.2) is 4.68 Å². The van der Waals surface area contributed by atoms with E-state index >= 15 is 0 Å². The molecule has 2 amide bonds. The molecule has 7 nitrogen and oxygen atoms in total. The Hall–Kier alpha value is -2.48. The lowest BCUT2D eigenvalue weighted by Crippen LogP contribution is -2.40. The summed E-state index contributed by atoms with van der Waals surface area (Å²) < 4.78 is 1.76. The second-order valence-corrected chi connectivity index (χ2v) is 7.65. The molecule has 2 aromatic heterocycles. The molecule has 0 unspecified atom stereocenters. The van der Waals surface area contributed by atoms with E-state index in [1.165, 1.54) is 0 Å². The molecule has 0 saturated heterocycles. The van der Waals surface area contributed by atoms with Gasteiger partial charge in [0.25, 0.3) is 5.91 Å². The van der Waals surface area contributed by atoms with Crippen LogP contribution in [0.3, 0.4) is 0 Å². The number of aromatic nitrogens is 3. The van der Waals surface area contributed by atoms with E-state index in [0.29, 0.717) is 25.3 Å². The third-order valence-electron chi connectivity index (χ3n) is 4.88. The lowest BCUT2D eigenvalue weighted by Gasteiger charge is -2.26. The van der Waals surface area contributed by atoms with Crippen LogP contribution in [0.4, 0.5) is 0 Å². The number of aryl methyl sites for hydroxylation is 1.